The van der Waals surface area contributed by atoms with E-state index in [1.54, 1.807) is 17.0 Å². The Bertz CT molecular complexity index is 453. The number of carbonyl (C=O) groups excluding carboxylic acids is 1. The standard InChI is InChI=1S/C14H17NO3/c1-10-4-6-11(7-5-10)13(16)15-8-2-3-12(9-15)14(17)18/h4-7,12H,2-3,8-9H2,1H3,(H,17,18)/t12-/m0/s1. The lowest BCUT2D eigenvalue weighted by atomic mass is 9.97. The van der Waals surface area contributed by atoms with Gasteiger partial charge in [-0.15, -0.1) is 0 Å². The van der Waals surface area contributed by atoms with Crippen molar-refractivity contribution in [3.63, 3.8) is 0 Å². The van der Waals surface area contributed by atoms with Crippen LogP contribution >= 0.6 is 0 Å². The molecular formula is C14H17NO3. The van der Waals surface area contributed by atoms with E-state index in [1.165, 1.54) is 0 Å². The van der Waals surface area contributed by atoms with E-state index in [4.69, 9.17) is 5.11 Å². The summed E-state index contributed by atoms with van der Waals surface area (Å²) in [7, 11) is 0. The van der Waals surface area contributed by atoms with Crippen molar-refractivity contribution in [2.75, 3.05) is 13.1 Å². The minimum Gasteiger partial charge on any atom is -0.481 e. The monoisotopic (exact) mass is 247 g/mol. The van der Waals surface area contributed by atoms with E-state index >= 15 is 0 Å². The van der Waals surface area contributed by atoms with E-state index in [0.717, 1.165) is 12.0 Å². The van der Waals surface area contributed by atoms with Gasteiger partial charge in [-0.3, -0.25) is 9.59 Å². The quantitative estimate of drug-likeness (QED) is 0.868. The van der Waals surface area contributed by atoms with Gasteiger partial charge in [0.2, 0.25) is 0 Å². The Labute approximate surface area is 106 Å². The molecule has 0 aromatic heterocycles. The number of aliphatic carboxylic acids is 1. The number of rotatable bonds is 2. The molecule has 2 rings (SSSR count). The molecule has 1 saturated heterocycles. The molecule has 1 N–H and O–H groups in total. The van der Waals surface area contributed by atoms with Crippen LogP contribution in [0.4, 0.5) is 0 Å². The fraction of sp³-hybridized carbons (Fsp3) is 0.429. The molecule has 18 heavy (non-hydrogen) atoms. The Kier molecular flexibility index (Phi) is 3.65. The Morgan fingerprint density at radius 3 is 2.56 bits per heavy atom. The third-order valence-corrected chi connectivity index (χ3v) is 3.36. The van der Waals surface area contributed by atoms with Crippen LogP contribution in [-0.2, 0) is 4.79 Å². The first-order valence-electron chi connectivity index (χ1n) is 6.16. The number of likely N-dealkylation sites (tertiary alicyclic amines) is 1. The highest BCUT2D eigenvalue weighted by atomic mass is 16.4. The predicted molar refractivity (Wildman–Crippen MR) is 67.4 cm³/mol. The van der Waals surface area contributed by atoms with Crippen molar-refractivity contribution < 1.29 is 14.7 Å². The van der Waals surface area contributed by atoms with Crippen molar-refractivity contribution in [2.24, 2.45) is 5.92 Å². The lowest BCUT2D eigenvalue weighted by Crippen LogP contribution is -2.42. The summed E-state index contributed by atoms with van der Waals surface area (Å²) in [6.07, 6.45) is 1.42. The summed E-state index contributed by atoms with van der Waals surface area (Å²) >= 11 is 0. The third-order valence-electron chi connectivity index (χ3n) is 3.36. The van der Waals surface area contributed by atoms with Crippen molar-refractivity contribution in [2.45, 2.75) is 19.8 Å². The summed E-state index contributed by atoms with van der Waals surface area (Å²) in [5.41, 5.74) is 1.74. The number of carbonyl (C=O) groups is 2. The minimum absolute atomic E-state index is 0.0686. The van der Waals surface area contributed by atoms with Crippen LogP contribution in [0, 0.1) is 12.8 Å². The first-order valence-corrected chi connectivity index (χ1v) is 6.16. The maximum absolute atomic E-state index is 12.2. The highest BCUT2D eigenvalue weighted by molar-refractivity contribution is 5.94. The van der Waals surface area contributed by atoms with Gasteiger partial charge in [0.25, 0.3) is 5.91 Å². The van der Waals surface area contributed by atoms with Crippen LogP contribution < -0.4 is 0 Å². The van der Waals surface area contributed by atoms with Crippen molar-refractivity contribution in [1.29, 1.82) is 0 Å². The molecular weight excluding hydrogens is 230 g/mol. The van der Waals surface area contributed by atoms with Gasteiger partial charge in [0.15, 0.2) is 0 Å². The zero-order valence-electron chi connectivity index (χ0n) is 10.4. The van der Waals surface area contributed by atoms with Gasteiger partial charge >= 0.3 is 5.97 Å². The zero-order chi connectivity index (χ0) is 13.1. The van der Waals surface area contributed by atoms with Crippen LogP contribution in [0.3, 0.4) is 0 Å². The average molecular weight is 247 g/mol. The molecule has 1 aliphatic rings. The molecule has 0 radical (unpaired) electrons. The van der Waals surface area contributed by atoms with Gasteiger partial charge in [-0.2, -0.15) is 0 Å². The molecule has 4 heteroatoms. The molecule has 0 saturated carbocycles. The molecule has 1 amide bonds. The third kappa shape index (κ3) is 2.70. The van der Waals surface area contributed by atoms with Gasteiger partial charge in [-0.25, -0.2) is 0 Å². The highest BCUT2D eigenvalue weighted by Crippen LogP contribution is 2.19. The first-order chi connectivity index (χ1) is 8.58. The maximum Gasteiger partial charge on any atom is 0.308 e. The number of carboxylic acid groups (broad SMARTS) is 1. The molecule has 1 aromatic carbocycles. The van der Waals surface area contributed by atoms with E-state index in [1.807, 2.05) is 19.1 Å². The predicted octanol–water partition coefficient (Wildman–Crippen LogP) is 1.93. The Morgan fingerprint density at radius 1 is 1.28 bits per heavy atom. The highest BCUT2D eigenvalue weighted by Gasteiger charge is 2.28. The second-order valence-corrected chi connectivity index (χ2v) is 4.79. The number of hydrogen-bond donors (Lipinski definition) is 1. The maximum atomic E-state index is 12.2. The number of amides is 1. The molecule has 0 unspecified atom stereocenters. The molecule has 1 heterocycles. The fourth-order valence-electron chi connectivity index (χ4n) is 2.24. The fourth-order valence-corrected chi connectivity index (χ4v) is 2.24. The number of nitrogens with zero attached hydrogens (tertiary/aromatic N) is 1. The van der Waals surface area contributed by atoms with E-state index in [9.17, 15) is 9.59 Å². The number of hydrogen-bond acceptors (Lipinski definition) is 2. The summed E-state index contributed by atoms with van der Waals surface area (Å²) in [5.74, 6) is -1.30. The summed E-state index contributed by atoms with van der Waals surface area (Å²) in [4.78, 5) is 24.8. The Morgan fingerprint density at radius 2 is 1.94 bits per heavy atom. The van der Waals surface area contributed by atoms with E-state index in [-0.39, 0.29) is 5.91 Å². The van der Waals surface area contributed by atoms with E-state index in [0.29, 0.717) is 25.1 Å². The normalized spacial score (nSPS) is 19.6. The lowest BCUT2D eigenvalue weighted by Gasteiger charge is -2.30. The van der Waals surface area contributed by atoms with Gasteiger partial charge in [-0.1, -0.05) is 17.7 Å². The average Bonchev–Trinajstić information content (AvgIpc) is 2.39. The minimum atomic E-state index is -0.809. The Balaban J connectivity index is 2.09. The number of carboxylic acids is 1. The summed E-state index contributed by atoms with van der Waals surface area (Å²) in [6, 6.07) is 7.38. The van der Waals surface area contributed by atoms with Gasteiger partial charge in [-0.05, 0) is 31.9 Å². The van der Waals surface area contributed by atoms with Crippen LogP contribution in [0.5, 0.6) is 0 Å². The summed E-state index contributed by atoms with van der Waals surface area (Å²) < 4.78 is 0. The lowest BCUT2D eigenvalue weighted by molar-refractivity contribution is -0.143. The second-order valence-electron chi connectivity index (χ2n) is 4.79. The van der Waals surface area contributed by atoms with Crippen LogP contribution in [0.2, 0.25) is 0 Å². The smallest absolute Gasteiger partial charge is 0.308 e. The van der Waals surface area contributed by atoms with Crippen LogP contribution in [0.15, 0.2) is 24.3 Å². The topological polar surface area (TPSA) is 57.6 Å². The SMILES string of the molecule is Cc1ccc(C(=O)N2CCC[C@H](C(=O)O)C2)cc1. The van der Waals surface area contributed by atoms with Crippen LogP contribution in [-0.4, -0.2) is 35.0 Å². The molecule has 0 bridgehead atoms. The molecule has 0 spiro atoms. The van der Waals surface area contributed by atoms with E-state index in [2.05, 4.69) is 0 Å². The molecule has 1 fully saturated rings. The number of piperidine rings is 1. The van der Waals surface area contributed by atoms with Crippen LogP contribution in [0.1, 0.15) is 28.8 Å². The Hall–Kier alpha value is -1.84. The molecule has 96 valence electrons. The van der Waals surface area contributed by atoms with Crippen molar-refractivity contribution in [3.8, 4) is 0 Å². The molecule has 1 aromatic rings. The first kappa shape index (κ1) is 12.6. The number of benzene rings is 1. The molecule has 1 aliphatic heterocycles. The number of aryl methyl sites for hydroxylation is 1. The van der Waals surface area contributed by atoms with Gasteiger partial charge in [0.1, 0.15) is 0 Å². The zero-order valence-corrected chi connectivity index (χ0v) is 10.4. The van der Waals surface area contributed by atoms with Crippen molar-refractivity contribution in [1.82, 2.24) is 4.90 Å². The van der Waals surface area contributed by atoms with Crippen molar-refractivity contribution >= 4 is 11.9 Å². The second kappa shape index (κ2) is 5.21. The van der Waals surface area contributed by atoms with Gasteiger partial charge in [0, 0.05) is 18.7 Å². The van der Waals surface area contributed by atoms with Crippen LogP contribution in [0.25, 0.3) is 0 Å². The van der Waals surface area contributed by atoms with Crippen molar-refractivity contribution in [3.05, 3.63) is 35.4 Å². The molecule has 4 nitrogen and oxygen atoms in total. The molecule has 0 aliphatic carbocycles. The van der Waals surface area contributed by atoms with Gasteiger partial charge in [0.05, 0.1) is 5.92 Å². The van der Waals surface area contributed by atoms with Gasteiger partial charge < -0.3 is 10.0 Å². The summed E-state index contributed by atoms with van der Waals surface area (Å²) in [5, 5.41) is 9.01. The van der Waals surface area contributed by atoms with E-state index < -0.39 is 11.9 Å². The molecule has 1 atom stereocenters. The summed E-state index contributed by atoms with van der Waals surface area (Å²) in [6.45, 7) is 2.94. The largest absolute Gasteiger partial charge is 0.481 e.